The summed E-state index contributed by atoms with van der Waals surface area (Å²) >= 11 is 5.84. The Morgan fingerprint density at radius 2 is 1.54 bits per heavy atom. The second kappa shape index (κ2) is 7.55. The predicted molar refractivity (Wildman–Crippen MR) is 92.4 cm³/mol. The van der Waals surface area contributed by atoms with Gasteiger partial charge in [0.1, 0.15) is 0 Å². The van der Waals surface area contributed by atoms with Crippen molar-refractivity contribution in [2.45, 2.75) is 0 Å². The number of amides is 1. The highest BCUT2D eigenvalue weighted by molar-refractivity contribution is 6.30. The lowest BCUT2D eigenvalue weighted by atomic mass is 10.1. The molecule has 1 saturated heterocycles. The molecule has 1 aliphatic rings. The fraction of sp³-hybridized carbons (Fsp3) is 0.278. The van der Waals surface area contributed by atoms with E-state index in [0.29, 0.717) is 48.9 Å². The molecule has 1 aliphatic heterocycles. The zero-order valence-corrected chi connectivity index (χ0v) is 13.9. The Morgan fingerprint density at radius 1 is 0.917 bits per heavy atom. The average molecular weight is 344 g/mol. The van der Waals surface area contributed by atoms with Gasteiger partial charge in [-0.2, -0.15) is 0 Å². The van der Waals surface area contributed by atoms with Crippen LogP contribution in [0.15, 0.2) is 48.8 Å². The summed E-state index contributed by atoms with van der Waals surface area (Å²) in [7, 11) is 0. The average Bonchev–Trinajstić information content (AvgIpc) is 2.63. The maximum atomic E-state index is 12.4. The van der Waals surface area contributed by atoms with Gasteiger partial charge in [0.25, 0.3) is 5.91 Å². The number of carbonyl (C=O) groups is 2. The number of hydrogen-bond donors (Lipinski definition) is 0. The van der Waals surface area contributed by atoms with E-state index in [0.717, 1.165) is 0 Å². The molecule has 1 fully saturated rings. The number of carbonyl (C=O) groups excluding carboxylic acids is 2. The summed E-state index contributed by atoms with van der Waals surface area (Å²) in [6.07, 6.45) is 3.24. The van der Waals surface area contributed by atoms with Gasteiger partial charge in [-0.1, -0.05) is 11.6 Å². The van der Waals surface area contributed by atoms with E-state index in [4.69, 9.17) is 11.6 Å². The number of halogens is 1. The van der Waals surface area contributed by atoms with Crippen molar-refractivity contribution in [2.75, 3.05) is 32.7 Å². The van der Waals surface area contributed by atoms with Crippen molar-refractivity contribution in [3.05, 3.63) is 64.9 Å². The lowest BCUT2D eigenvalue weighted by molar-refractivity contribution is 0.0624. The molecular weight excluding hydrogens is 326 g/mol. The highest BCUT2D eigenvalue weighted by Gasteiger charge is 2.23. The van der Waals surface area contributed by atoms with Gasteiger partial charge in [0.15, 0.2) is 5.78 Å². The molecule has 124 valence electrons. The first-order chi connectivity index (χ1) is 11.6. The second-order valence-electron chi connectivity index (χ2n) is 5.73. The normalized spacial score (nSPS) is 15.3. The summed E-state index contributed by atoms with van der Waals surface area (Å²) in [6.45, 7) is 2.98. The van der Waals surface area contributed by atoms with Crippen LogP contribution in [-0.4, -0.2) is 59.2 Å². The molecule has 0 atom stereocenters. The Labute approximate surface area is 145 Å². The molecule has 1 aromatic carbocycles. The largest absolute Gasteiger partial charge is 0.336 e. The van der Waals surface area contributed by atoms with Gasteiger partial charge in [0, 0.05) is 54.7 Å². The Balaban J connectivity index is 1.53. The first kappa shape index (κ1) is 16.6. The van der Waals surface area contributed by atoms with E-state index >= 15 is 0 Å². The van der Waals surface area contributed by atoms with Crippen LogP contribution in [0.2, 0.25) is 5.02 Å². The molecule has 3 rings (SSSR count). The summed E-state index contributed by atoms with van der Waals surface area (Å²) in [6, 6.07) is 10.4. The third kappa shape index (κ3) is 3.99. The molecule has 6 heteroatoms. The summed E-state index contributed by atoms with van der Waals surface area (Å²) in [5.74, 6) is 0.0849. The molecule has 2 heterocycles. The molecule has 0 bridgehead atoms. The number of ketones is 1. The third-order valence-electron chi connectivity index (χ3n) is 4.12. The van der Waals surface area contributed by atoms with Gasteiger partial charge in [0.05, 0.1) is 6.54 Å². The third-order valence-corrected chi connectivity index (χ3v) is 4.37. The Morgan fingerprint density at radius 3 is 2.17 bits per heavy atom. The van der Waals surface area contributed by atoms with Crippen LogP contribution in [0.1, 0.15) is 20.7 Å². The predicted octanol–water partition coefficient (Wildman–Crippen LogP) is 2.38. The number of benzene rings is 1. The SMILES string of the molecule is O=C(CN1CCN(C(=O)c2ccncc2)CC1)c1ccc(Cl)cc1. The second-order valence-corrected chi connectivity index (χ2v) is 6.17. The first-order valence-corrected chi connectivity index (χ1v) is 8.22. The number of aromatic nitrogens is 1. The van der Waals surface area contributed by atoms with Crippen molar-refractivity contribution in [3.8, 4) is 0 Å². The molecule has 1 aromatic heterocycles. The van der Waals surface area contributed by atoms with Gasteiger partial charge in [-0.05, 0) is 36.4 Å². The highest BCUT2D eigenvalue weighted by atomic mass is 35.5. The van der Waals surface area contributed by atoms with Crippen molar-refractivity contribution < 1.29 is 9.59 Å². The van der Waals surface area contributed by atoms with Crippen LogP contribution in [0.3, 0.4) is 0 Å². The van der Waals surface area contributed by atoms with Crippen LogP contribution in [0.25, 0.3) is 0 Å². The van der Waals surface area contributed by atoms with E-state index in [1.165, 1.54) is 0 Å². The van der Waals surface area contributed by atoms with Gasteiger partial charge in [-0.3, -0.25) is 19.5 Å². The minimum atomic E-state index is 0.0149. The maximum Gasteiger partial charge on any atom is 0.254 e. The van der Waals surface area contributed by atoms with Gasteiger partial charge in [-0.25, -0.2) is 0 Å². The molecule has 0 spiro atoms. The summed E-state index contributed by atoms with van der Waals surface area (Å²) < 4.78 is 0. The fourth-order valence-corrected chi connectivity index (χ4v) is 2.84. The molecule has 0 unspecified atom stereocenters. The van der Waals surface area contributed by atoms with Gasteiger partial charge < -0.3 is 4.90 Å². The molecule has 2 aromatic rings. The number of nitrogens with zero attached hydrogens (tertiary/aromatic N) is 3. The van der Waals surface area contributed by atoms with Crippen molar-refractivity contribution >= 4 is 23.3 Å². The van der Waals surface area contributed by atoms with Crippen molar-refractivity contribution in [1.29, 1.82) is 0 Å². The van der Waals surface area contributed by atoms with Gasteiger partial charge in [-0.15, -0.1) is 0 Å². The van der Waals surface area contributed by atoms with E-state index in [1.807, 2.05) is 4.90 Å². The zero-order chi connectivity index (χ0) is 16.9. The molecule has 0 saturated carbocycles. The van der Waals surface area contributed by atoms with E-state index < -0.39 is 0 Å². The topological polar surface area (TPSA) is 53.5 Å². The van der Waals surface area contributed by atoms with Crippen molar-refractivity contribution in [2.24, 2.45) is 0 Å². The van der Waals surface area contributed by atoms with Gasteiger partial charge >= 0.3 is 0 Å². The molecule has 24 heavy (non-hydrogen) atoms. The van der Waals surface area contributed by atoms with Crippen LogP contribution < -0.4 is 0 Å². The van der Waals surface area contributed by atoms with Crippen LogP contribution in [0.5, 0.6) is 0 Å². The number of piperazine rings is 1. The lowest BCUT2D eigenvalue weighted by Gasteiger charge is -2.34. The summed E-state index contributed by atoms with van der Waals surface area (Å²) in [5, 5.41) is 0.620. The standard InChI is InChI=1S/C18H18ClN3O2/c19-16-3-1-14(2-4-16)17(23)13-21-9-11-22(12-10-21)18(24)15-5-7-20-8-6-15/h1-8H,9-13H2. The molecule has 5 nitrogen and oxygen atoms in total. The number of pyridine rings is 1. The minimum absolute atomic E-state index is 0.0149. The minimum Gasteiger partial charge on any atom is -0.336 e. The summed E-state index contributed by atoms with van der Waals surface area (Å²) in [5.41, 5.74) is 1.31. The maximum absolute atomic E-state index is 12.4. The number of hydrogen-bond acceptors (Lipinski definition) is 4. The lowest BCUT2D eigenvalue weighted by Crippen LogP contribution is -2.49. The molecule has 0 radical (unpaired) electrons. The molecule has 1 amide bonds. The van der Waals surface area contributed by atoms with Gasteiger partial charge in [0.2, 0.25) is 0 Å². The highest BCUT2D eigenvalue weighted by Crippen LogP contribution is 2.12. The van der Waals surface area contributed by atoms with Crippen LogP contribution in [-0.2, 0) is 0 Å². The van der Waals surface area contributed by atoms with Crippen molar-refractivity contribution in [3.63, 3.8) is 0 Å². The van der Waals surface area contributed by atoms with E-state index in [2.05, 4.69) is 9.88 Å². The Bertz CT molecular complexity index is 711. The van der Waals surface area contributed by atoms with Crippen molar-refractivity contribution in [1.82, 2.24) is 14.8 Å². The number of rotatable bonds is 4. The fourth-order valence-electron chi connectivity index (χ4n) is 2.72. The van der Waals surface area contributed by atoms with E-state index in [1.54, 1.807) is 48.8 Å². The first-order valence-electron chi connectivity index (χ1n) is 7.84. The number of Topliss-reactive ketones (excluding diaryl/α,β-unsaturated/α-hetero) is 1. The molecule has 0 N–H and O–H groups in total. The van der Waals surface area contributed by atoms with Crippen LogP contribution >= 0.6 is 11.6 Å². The smallest absolute Gasteiger partial charge is 0.254 e. The monoisotopic (exact) mass is 343 g/mol. The Hall–Kier alpha value is -2.24. The van der Waals surface area contributed by atoms with E-state index in [-0.39, 0.29) is 11.7 Å². The van der Waals surface area contributed by atoms with E-state index in [9.17, 15) is 9.59 Å². The molecular formula is C18H18ClN3O2. The Kier molecular flexibility index (Phi) is 5.23. The van der Waals surface area contributed by atoms with Crippen LogP contribution in [0, 0.1) is 0 Å². The zero-order valence-electron chi connectivity index (χ0n) is 13.2. The quantitative estimate of drug-likeness (QED) is 0.800. The van der Waals surface area contributed by atoms with Crippen LogP contribution in [0.4, 0.5) is 0 Å². The molecule has 0 aliphatic carbocycles. The summed E-state index contributed by atoms with van der Waals surface area (Å²) in [4.78, 5) is 32.5.